The molecule has 0 saturated heterocycles. The molecule has 0 aromatic heterocycles. The van der Waals surface area contributed by atoms with Gasteiger partial charge < -0.3 is 0 Å². The minimum absolute atomic E-state index is 0.500. The van der Waals surface area contributed by atoms with Gasteiger partial charge in [0.2, 0.25) is 0 Å². The van der Waals surface area contributed by atoms with Gasteiger partial charge >= 0.3 is 0 Å². The van der Waals surface area contributed by atoms with Gasteiger partial charge in [-0.05, 0) is 23.6 Å². The lowest BCUT2D eigenvalue weighted by atomic mass is 9.84. The van der Waals surface area contributed by atoms with Crippen molar-refractivity contribution in [1.29, 1.82) is 0 Å². The largest absolute Gasteiger partial charge is 0.237 e. The van der Waals surface area contributed by atoms with Crippen LogP contribution in [-0.4, -0.2) is 22.7 Å². The average molecular weight is 312 g/mol. The number of nitrogens with zero attached hydrogens (tertiary/aromatic N) is 2. The zero-order chi connectivity index (χ0) is 14.7. The second kappa shape index (κ2) is 6.08. The Hall–Kier alpha value is -1.52. The van der Waals surface area contributed by atoms with Crippen LogP contribution in [0.4, 0.5) is 0 Å². The monoisotopic (exact) mass is 312 g/mol. The van der Waals surface area contributed by atoms with Gasteiger partial charge in [-0.2, -0.15) is 0 Å². The number of aliphatic imine (C=N–C) groups is 2. The fourth-order valence-electron chi connectivity index (χ4n) is 2.57. The maximum Gasteiger partial charge on any atom is 0.185 e. The summed E-state index contributed by atoms with van der Waals surface area (Å²) in [5.41, 5.74) is 1.82. The van der Waals surface area contributed by atoms with Crippen molar-refractivity contribution in [3.05, 3.63) is 71.8 Å². The number of hydrogen-bond donors (Lipinski definition) is 0. The zero-order valence-electron chi connectivity index (χ0n) is 12.0. The van der Waals surface area contributed by atoms with Crippen LogP contribution in [0.2, 0.25) is 0 Å². The van der Waals surface area contributed by atoms with Crippen LogP contribution in [0, 0.1) is 0 Å². The van der Waals surface area contributed by atoms with Gasteiger partial charge in [0.15, 0.2) is 10.7 Å². The maximum absolute atomic E-state index is 4.99. The molecule has 0 saturated carbocycles. The first-order valence-electron chi connectivity index (χ1n) is 6.69. The molecule has 0 bridgehead atoms. The summed E-state index contributed by atoms with van der Waals surface area (Å²) in [6.45, 7) is 0. The second-order valence-electron chi connectivity index (χ2n) is 4.66. The average Bonchev–Trinajstić information content (AvgIpc) is 2.96. The van der Waals surface area contributed by atoms with Crippen molar-refractivity contribution in [2.45, 2.75) is 5.54 Å². The first-order valence-corrected chi connectivity index (χ1v) is 9.14. The van der Waals surface area contributed by atoms with E-state index >= 15 is 0 Å². The van der Waals surface area contributed by atoms with E-state index in [1.165, 1.54) is 0 Å². The number of thioether (sulfide) groups is 2. The van der Waals surface area contributed by atoms with Crippen LogP contribution in [0.15, 0.2) is 70.6 Å². The summed E-state index contributed by atoms with van der Waals surface area (Å²) in [6, 6.07) is 20.8. The smallest absolute Gasteiger partial charge is 0.185 e. The van der Waals surface area contributed by atoms with Crippen LogP contribution >= 0.6 is 23.5 Å². The Balaban J connectivity index is 2.27. The van der Waals surface area contributed by atoms with Crippen LogP contribution in [0.3, 0.4) is 0 Å². The zero-order valence-corrected chi connectivity index (χ0v) is 13.6. The minimum Gasteiger partial charge on any atom is -0.237 e. The van der Waals surface area contributed by atoms with Gasteiger partial charge in [0.05, 0.1) is 0 Å². The highest BCUT2D eigenvalue weighted by Gasteiger charge is 2.43. The Morgan fingerprint density at radius 1 is 0.762 bits per heavy atom. The van der Waals surface area contributed by atoms with Crippen molar-refractivity contribution >= 4 is 33.7 Å². The molecule has 0 radical (unpaired) electrons. The molecular weight excluding hydrogens is 296 g/mol. The third kappa shape index (κ3) is 2.43. The first kappa shape index (κ1) is 14.4. The van der Waals surface area contributed by atoms with E-state index < -0.39 is 5.54 Å². The predicted molar refractivity (Wildman–Crippen MR) is 95.6 cm³/mol. The highest BCUT2D eigenvalue weighted by molar-refractivity contribution is 8.15. The molecule has 21 heavy (non-hydrogen) atoms. The molecule has 1 aliphatic heterocycles. The summed E-state index contributed by atoms with van der Waals surface area (Å²) >= 11 is 3.26. The minimum atomic E-state index is -0.500. The number of benzene rings is 2. The van der Waals surface area contributed by atoms with Crippen LogP contribution in [0.1, 0.15) is 11.1 Å². The Kier molecular flexibility index (Phi) is 4.17. The lowest BCUT2D eigenvalue weighted by molar-refractivity contribution is 0.759. The molecule has 0 aliphatic carbocycles. The van der Waals surface area contributed by atoms with E-state index in [-0.39, 0.29) is 0 Å². The van der Waals surface area contributed by atoms with E-state index in [2.05, 4.69) is 54.8 Å². The maximum atomic E-state index is 4.99. The lowest BCUT2D eigenvalue weighted by Gasteiger charge is -2.28. The van der Waals surface area contributed by atoms with Gasteiger partial charge in [0.25, 0.3) is 0 Å². The van der Waals surface area contributed by atoms with Gasteiger partial charge in [-0.15, -0.1) is 11.8 Å². The standard InChI is InChI=1S/C17H16N2S2/c1-20-15-17(19-16(18-15)21-2,13-9-5-3-6-10-13)14-11-7-4-8-12-14/h3-12H,1-2H3. The predicted octanol–water partition coefficient (Wildman–Crippen LogP) is 4.42. The van der Waals surface area contributed by atoms with Gasteiger partial charge in [0, 0.05) is 0 Å². The molecule has 0 unspecified atom stereocenters. The van der Waals surface area contributed by atoms with E-state index in [0.29, 0.717) is 0 Å². The Bertz CT molecular complexity index is 639. The Morgan fingerprint density at radius 2 is 1.29 bits per heavy atom. The van der Waals surface area contributed by atoms with Crippen LogP contribution in [0.5, 0.6) is 0 Å². The third-order valence-electron chi connectivity index (χ3n) is 3.53. The summed E-state index contributed by atoms with van der Waals surface area (Å²) in [6.07, 6.45) is 4.09. The molecule has 0 amide bonds. The molecule has 1 heterocycles. The van der Waals surface area contributed by atoms with Crippen molar-refractivity contribution in [3.63, 3.8) is 0 Å². The van der Waals surface area contributed by atoms with Gasteiger partial charge in [0.1, 0.15) is 5.04 Å². The van der Waals surface area contributed by atoms with Crippen LogP contribution < -0.4 is 0 Å². The van der Waals surface area contributed by atoms with E-state index in [1.54, 1.807) is 23.5 Å². The van der Waals surface area contributed by atoms with Gasteiger partial charge in [-0.3, -0.25) is 0 Å². The molecule has 3 rings (SSSR count). The molecule has 0 fully saturated rings. The first-order chi connectivity index (χ1) is 10.3. The molecule has 2 aromatic rings. The quantitative estimate of drug-likeness (QED) is 0.819. The SMILES string of the molecule is CSC1=NC(c2ccccc2)(c2ccccc2)C(SC)=N1. The van der Waals surface area contributed by atoms with E-state index in [9.17, 15) is 0 Å². The van der Waals surface area contributed by atoms with Crippen molar-refractivity contribution in [2.24, 2.45) is 9.98 Å². The highest BCUT2D eigenvalue weighted by atomic mass is 32.2. The fourth-order valence-corrected chi connectivity index (χ4v) is 3.79. The molecule has 2 aromatic carbocycles. The molecule has 1 aliphatic rings. The van der Waals surface area contributed by atoms with Crippen molar-refractivity contribution < 1.29 is 0 Å². The molecule has 0 spiro atoms. The topological polar surface area (TPSA) is 24.7 Å². The molecule has 106 valence electrons. The summed E-state index contributed by atoms with van der Waals surface area (Å²) in [5.74, 6) is 0. The summed E-state index contributed by atoms with van der Waals surface area (Å²) in [4.78, 5) is 9.71. The van der Waals surface area contributed by atoms with Crippen LogP contribution in [-0.2, 0) is 5.54 Å². The number of hydrogen-bond acceptors (Lipinski definition) is 4. The molecule has 0 N–H and O–H groups in total. The van der Waals surface area contributed by atoms with E-state index in [1.807, 2.05) is 18.4 Å². The van der Waals surface area contributed by atoms with Crippen molar-refractivity contribution in [2.75, 3.05) is 12.5 Å². The number of rotatable bonds is 2. The summed E-state index contributed by atoms with van der Waals surface area (Å²) in [5, 5.41) is 1.87. The van der Waals surface area contributed by atoms with E-state index in [0.717, 1.165) is 21.3 Å². The Morgan fingerprint density at radius 3 is 1.71 bits per heavy atom. The third-order valence-corrected chi connectivity index (χ3v) is 4.85. The molecule has 2 nitrogen and oxygen atoms in total. The number of amidine groups is 1. The summed E-state index contributed by atoms with van der Waals surface area (Å²) in [7, 11) is 0. The summed E-state index contributed by atoms with van der Waals surface area (Å²) < 4.78 is 0. The van der Waals surface area contributed by atoms with Crippen molar-refractivity contribution in [3.8, 4) is 0 Å². The van der Waals surface area contributed by atoms with Crippen LogP contribution in [0.25, 0.3) is 0 Å². The molecule has 4 heteroatoms. The fraction of sp³-hybridized carbons (Fsp3) is 0.176. The lowest BCUT2D eigenvalue weighted by Crippen LogP contribution is -2.31. The van der Waals surface area contributed by atoms with Crippen molar-refractivity contribution in [1.82, 2.24) is 0 Å². The molecular formula is C17H16N2S2. The normalized spacial score (nSPS) is 16.5. The van der Waals surface area contributed by atoms with E-state index in [4.69, 9.17) is 9.98 Å². The Labute approximate surface area is 133 Å². The van der Waals surface area contributed by atoms with Gasteiger partial charge in [-0.25, -0.2) is 9.98 Å². The second-order valence-corrected chi connectivity index (χ2v) is 6.23. The molecule has 0 atom stereocenters. The van der Waals surface area contributed by atoms with Gasteiger partial charge in [-0.1, -0.05) is 72.4 Å². The highest BCUT2D eigenvalue weighted by Crippen LogP contribution is 2.42.